The molecule has 0 N–H and O–H groups in total. The van der Waals surface area contributed by atoms with Crippen molar-refractivity contribution in [1.82, 2.24) is 5.01 Å². The fourth-order valence-corrected chi connectivity index (χ4v) is 6.86. The standard InChI is InChI=1S/C32H20ClN3O5/c33-21-13-9-19(10-14-21)28(37)27-26(18-11-15-22(16-12-18)36(40)41)32(30(38)24-7-3-4-8-25(24)31(32)39)29-23-6-2-1-5-20(23)17-34-35(27)29/h1-17,26-27,29H/t26-,27-,29-/m0/s1. The molecule has 9 heteroatoms. The van der Waals surface area contributed by atoms with Crippen molar-refractivity contribution in [3.05, 3.63) is 146 Å². The van der Waals surface area contributed by atoms with Gasteiger partial charge in [-0.1, -0.05) is 72.3 Å². The van der Waals surface area contributed by atoms with E-state index in [2.05, 4.69) is 0 Å². The number of fused-ring (bicyclic) bond motifs is 5. The molecule has 41 heavy (non-hydrogen) atoms. The minimum Gasteiger partial charge on any atom is -0.293 e. The molecule has 0 amide bonds. The average molecular weight is 562 g/mol. The normalized spacial score (nSPS) is 21.5. The van der Waals surface area contributed by atoms with Crippen molar-refractivity contribution < 1.29 is 19.3 Å². The van der Waals surface area contributed by atoms with Gasteiger partial charge in [-0.2, -0.15) is 5.10 Å². The summed E-state index contributed by atoms with van der Waals surface area (Å²) in [7, 11) is 0. The maximum Gasteiger partial charge on any atom is 0.269 e. The Kier molecular flexibility index (Phi) is 5.52. The molecule has 2 aliphatic heterocycles. The summed E-state index contributed by atoms with van der Waals surface area (Å²) < 4.78 is 0. The van der Waals surface area contributed by atoms with E-state index in [0.717, 1.165) is 5.56 Å². The third-order valence-electron chi connectivity index (χ3n) is 8.44. The van der Waals surface area contributed by atoms with E-state index >= 15 is 0 Å². The molecule has 0 bridgehead atoms. The molecular formula is C32H20ClN3O5. The van der Waals surface area contributed by atoms with Gasteiger partial charge in [0.1, 0.15) is 11.5 Å². The van der Waals surface area contributed by atoms with Gasteiger partial charge < -0.3 is 0 Å². The fourth-order valence-electron chi connectivity index (χ4n) is 6.74. The number of carbonyl (C=O) groups is 3. The van der Waals surface area contributed by atoms with Gasteiger partial charge in [-0.25, -0.2) is 0 Å². The highest BCUT2D eigenvalue weighted by molar-refractivity contribution is 6.32. The number of Topliss-reactive ketones (excluding diaryl/α,β-unsaturated/α-hetero) is 3. The lowest BCUT2D eigenvalue weighted by atomic mass is 9.63. The summed E-state index contributed by atoms with van der Waals surface area (Å²) in [6, 6.07) is 24.2. The second-order valence-corrected chi connectivity index (χ2v) is 10.8. The predicted octanol–water partition coefficient (Wildman–Crippen LogP) is 6.05. The summed E-state index contributed by atoms with van der Waals surface area (Å²) in [5.41, 5.74) is 0.926. The van der Waals surface area contributed by atoms with E-state index in [-0.39, 0.29) is 22.6 Å². The highest BCUT2D eigenvalue weighted by Crippen LogP contribution is 2.64. The Morgan fingerprint density at radius 3 is 2.10 bits per heavy atom. The van der Waals surface area contributed by atoms with Crippen LogP contribution in [-0.2, 0) is 0 Å². The third kappa shape index (κ3) is 3.40. The summed E-state index contributed by atoms with van der Waals surface area (Å²) in [5, 5.41) is 18.2. The summed E-state index contributed by atoms with van der Waals surface area (Å²) in [6.07, 6.45) is 1.64. The summed E-state index contributed by atoms with van der Waals surface area (Å²) in [6.45, 7) is 0. The largest absolute Gasteiger partial charge is 0.293 e. The number of benzene rings is 4. The van der Waals surface area contributed by atoms with Crippen LogP contribution in [0.25, 0.3) is 0 Å². The zero-order valence-corrected chi connectivity index (χ0v) is 22.1. The number of non-ortho nitro benzene ring substituents is 1. The predicted molar refractivity (Wildman–Crippen MR) is 152 cm³/mol. The molecule has 1 saturated heterocycles. The molecule has 2 heterocycles. The van der Waals surface area contributed by atoms with Crippen LogP contribution in [0.4, 0.5) is 5.69 Å². The summed E-state index contributed by atoms with van der Waals surface area (Å²) in [4.78, 5) is 54.7. The van der Waals surface area contributed by atoms with Crippen molar-refractivity contribution in [3.63, 3.8) is 0 Å². The van der Waals surface area contributed by atoms with Crippen LogP contribution < -0.4 is 0 Å². The van der Waals surface area contributed by atoms with Crippen molar-refractivity contribution in [1.29, 1.82) is 0 Å². The monoisotopic (exact) mass is 561 g/mol. The second kappa shape index (κ2) is 9.04. The maximum absolute atomic E-state index is 14.7. The zero-order chi connectivity index (χ0) is 28.5. The quantitative estimate of drug-likeness (QED) is 0.130. The Morgan fingerprint density at radius 2 is 1.46 bits per heavy atom. The first kappa shape index (κ1) is 25.0. The van der Waals surface area contributed by atoms with Crippen LogP contribution >= 0.6 is 11.6 Å². The minimum absolute atomic E-state index is 0.144. The maximum atomic E-state index is 14.7. The van der Waals surface area contributed by atoms with Gasteiger partial charge in [0, 0.05) is 39.8 Å². The SMILES string of the molecule is O=C(c1ccc(Cl)cc1)[C@@H]1[C@H](c2ccc([N+](=O)[O-])cc2)C2(C(=O)c3ccccc3C2=O)[C@@H]2c3ccccc3C=NN12. The fraction of sp³-hybridized carbons (Fsp3) is 0.125. The molecule has 1 fully saturated rings. The van der Waals surface area contributed by atoms with E-state index in [9.17, 15) is 24.5 Å². The highest BCUT2D eigenvalue weighted by Gasteiger charge is 2.72. The molecule has 0 saturated carbocycles. The van der Waals surface area contributed by atoms with Crippen LogP contribution in [0.2, 0.25) is 5.02 Å². The van der Waals surface area contributed by atoms with Crippen LogP contribution in [-0.4, -0.2) is 39.5 Å². The molecule has 200 valence electrons. The van der Waals surface area contributed by atoms with Gasteiger partial charge in [-0.15, -0.1) is 0 Å². The first-order chi connectivity index (χ1) is 19.8. The highest BCUT2D eigenvalue weighted by atomic mass is 35.5. The number of nitro benzene ring substituents is 1. The molecule has 0 radical (unpaired) electrons. The number of halogens is 1. The zero-order valence-electron chi connectivity index (χ0n) is 21.3. The molecule has 0 unspecified atom stereocenters. The Balaban J connectivity index is 1.54. The van der Waals surface area contributed by atoms with Crippen LogP contribution in [0.1, 0.15) is 59.7 Å². The minimum atomic E-state index is -1.75. The molecule has 1 aliphatic carbocycles. The first-order valence-electron chi connectivity index (χ1n) is 13.0. The van der Waals surface area contributed by atoms with Crippen molar-refractivity contribution in [2.75, 3.05) is 0 Å². The molecule has 1 spiro atoms. The Hall–Kier alpha value is -4.95. The molecule has 8 nitrogen and oxygen atoms in total. The van der Waals surface area contributed by atoms with Crippen LogP contribution in [0, 0.1) is 15.5 Å². The molecule has 4 aromatic carbocycles. The summed E-state index contributed by atoms with van der Waals surface area (Å²) >= 11 is 6.11. The van der Waals surface area contributed by atoms with Gasteiger partial charge >= 0.3 is 0 Å². The van der Waals surface area contributed by atoms with Crippen LogP contribution in [0.15, 0.2) is 102 Å². The molecule has 4 aromatic rings. The van der Waals surface area contributed by atoms with Crippen LogP contribution in [0.3, 0.4) is 0 Å². The third-order valence-corrected chi connectivity index (χ3v) is 8.69. The van der Waals surface area contributed by atoms with Gasteiger partial charge in [0.25, 0.3) is 5.69 Å². The topological polar surface area (TPSA) is 110 Å². The van der Waals surface area contributed by atoms with Gasteiger partial charge in [-0.3, -0.25) is 29.5 Å². The number of nitrogens with zero attached hydrogens (tertiary/aromatic N) is 3. The van der Waals surface area contributed by atoms with Gasteiger partial charge in [-0.05, 0) is 41.0 Å². The number of hydrogen-bond donors (Lipinski definition) is 0. The number of nitro groups is 1. The lowest BCUT2D eigenvalue weighted by molar-refractivity contribution is -0.384. The lowest BCUT2D eigenvalue weighted by Crippen LogP contribution is -2.43. The average Bonchev–Trinajstić information content (AvgIpc) is 3.43. The number of rotatable bonds is 4. The molecule has 3 aliphatic rings. The first-order valence-corrected chi connectivity index (χ1v) is 13.4. The Morgan fingerprint density at radius 1 is 0.854 bits per heavy atom. The van der Waals surface area contributed by atoms with E-state index in [1.54, 1.807) is 59.8 Å². The van der Waals surface area contributed by atoms with E-state index in [1.807, 2.05) is 24.3 Å². The number of hydrazone groups is 1. The van der Waals surface area contributed by atoms with E-state index in [4.69, 9.17) is 16.7 Å². The second-order valence-electron chi connectivity index (χ2n) is 10.4. The van der Waals surface area contributed by atoms with E-state index in [0.29, 0.717) is 21.7 Å². The number of hydrogen-bond acceptors (Lipinski definition) is 7. The van der Waals surface area contributed by atoms with Gasteiger partial charge in [0.2, 0.25) is 0 Å². The van der Waals surface area contributed by atoms with Gasteiger partial charge in [0.15, 0.2) is 17.3 Å². The van der Waals surface area contributed by atoms with Crippen molar-refractivity contribution in [3.8, 4) is 0 Å². The molecule has 0 aromatic heterocycles. The van der Waals surface area contributed by atoms with Gasteiger partial charge in [0.05, 0.1) is 17.2 Å². The molecule has 7 rings (SSSR count). The van der Waals surface area contributed by atoms with Crippen LogP contribution in [0.5, 0.6) is 0 Å². The molecular weight excluding hydrogens is 542 g/mol. The van der Waals surface area contributed by atoms with E-state index in [1.165, 1.54) is 24.3 Å². The number of carbonyl (C=O) groups excluding carboxylic acids is 3. The van der Waals surface area contributed by atoms with Crippen molar-refractivity contribution >= 4 is 40.9 Å². The van der Waals surface area contributed by atoms with Crippen molar-refractivity contribution in [2.24, 2.45) is 10.5 Å². The van der Waals surface area contributed by atoms with Crippen molar-refractivity contribution in [2.45, 2.75) is 18.0 Å². The van der Waals surface area contributed by atoms with E-state index < -0.39 is 39.9 Å². The lowest BCUT2D eigenvalue weighted by Gasteiger charge is -2.36. The number of ketones is 3. The Labute approximate surface area is 239 Å². The smallest absolute Gasteiger partial charge is 0.269 e. The molecule has 3 atom stereocenters. The summed E-state index contributed by atoms with van der Waals surface area (Å²) in [5.74, 6) is -2.14. The Bertz CT molecular complexity index is 1780.